The van der Waals surface area contributed by atoms with Crippen LogP contribution in [-0.4, -0.2) is 23.0 Å². The third kappa shape index (κ3) is 2.08. The van der Waals surface area contributed by atoms with E-state index in [1.165, 1.54) is 6.07 Å². The Morgan fingerprint density at radius 2 is 2.25 bits per heavy atom. The smallest absolute Gasteiger partial charge is 0.339 e. The molecule has 1 aliphatic rings. The van der Waals surface area contributed by atoms with Crippen LogP contribution in [-0.2, 0) is 6.42 Å². The van der Waals surface area contributed by atoms with Crippen molar-refractivity contribution in [2.24, 2.45) is 0 Å². The lowest BCUT2D eigenvalue weighted by Crippen LogP contribution is -2.24. The maximum Gasteiger partial charge on any atom is 0.339 e. The number of carboxylic acid groups (broad SMARTS) is 1. The summed E-state index contributed by atoms with van der Waals surface area (Å²) in [5.41, 5.74) is 0.0726. The Balaban J connectivity index is 2.20. The fraction of sp³-hybridized carbons (Fsp3) is 0.455. The van der Waals surface area contributed by atoms with Crippen molar-refractivity contribution < 1.29 is 19.1 Å². The van der Waals surface area contributed by atoms with Gasteiger partial charge in [0, 0.05) is 18.5 Å². The minimum Gasteiger partial charge on any atom is -0.478 e. The standard InChI is InChI=1S/C11H13NO4/c1-2-8-7(11(14)15)5-9(16-8)10(13)12-6-3-4-6/h5-6H,2-4H2,1H3,(H,12,13)(H,14,15). The topological polar surface area (TPSA) is 79.5 Å². The van der Waals surface area contributed by atoms with Crippen LogP contribution in [0.3, 0.4) is 0 Å². The van der Waals surface area contributed by atoms with Crippen molar-refractivity contribution in [1.82, 2.24) is 5.32 Å². The first-order valence-electron chi connectivity index (χ1n) is 5.28. The maximum atomic E-state index is 11.6. The highest BCUT2D eigenvalue weighted by Crippen LogP contribution is 2.21. The van der Waals surface area contributed by atoms with Gasteiger partial charge >= 0.3 is 5.97 Å². The number of carbonyl (C=O) groups excluding carboxylic acids is 1. The highest BCUT2D eigenvalue weighted by molar-refractivity contribution is 5.96. The maximum absolute atomic E-state index is 11.6. The van der Waals surface area contributed by atoms with Crippen LogP contribution < -0.4 is 5.32 Å². The van der Waals surface area contributed by atoms with E-state index in [0.717, 1.165) is 12.8 Å². The number of hydrogen-bond donors (Lipinski definition) is 2. The summed E-state index contributed by atoms with van der Waals surface area (Å²) in [5, 5.41) is 11.6. The highest BCUT2D eigenvalue weighted by atomic mass is 16.4. The molecule has 86 valence electrons. The van der Waals surface area contributed by atoms with E-state index < -0.39 is 5.97 Å². The van der Waals surface area contributed by atoms with Gasteiger partial charge in [-0.3, -0.25) is 4.79 Å². The zero-order valence-electron chi connectivity index (χ0n) is 8.95. The number of carboxylic acids is 1. The van der Waals surface area contributed by atoms with Crippen molar-refractivity contribution in [3.63, 3.8) is 0 Å². The normalized spacial score (nSPS) is 14.8. The van der Waals surface area contributed by atoms with Gasteiger partial charge in [-0.05, 0) is 12.8 Å². The van der Waals surface area contributed by atoms with E-state index in [0.29, 0.717) is 12.2 Å². The number of rotatable bonds is 4. The molecule has 5 heteroatoms. The third-order valence-corrected chi connectivity index (χ3v) is 2.50. The molecule has 5 nitrogen and oxygen atoms in total. The van der Waals surface area contributed by atoms with Crippen LogP contribution in [0.2, 0.25) is 0 Å². The fourth-order valence-corrected chi connectivity index (χ4v) is 1.47. The molecule has 0 atom stereocenters. The van der Waals surface area contributed by atoms with Gasteiger partial charge in [0.15, 0.2) is 5.76 Å². The van der Waals surface area contributed by atoms with E-state index in [-0.39, 0.29) is 23.3 Å². The zero-order valence-corrected chi connectivity index (χ0v) is 8.95. The molecule has 0 aliphatic heterocycles. The second kappa shape index (κ2) is 4.00. The molecule has 0 unspecified atom stereocenters. The van der Waals surface area contributed by atoms with Crippen LogP contribution in [0.25, 0.3) is 0 Å². The predicted octanol–water partition coefficient (Wildman–Crippen LogP) is 1.43. The van der Waals surface area contributed by atoms with Crippen molar-refractivity contribution >= 4 is 11.9 Å². The number of hydrogen-bond acceptors (Lipinski definition) is 3. The molecule has 1 aromatic heterocycles. The summed E-state index contributed by atoms with van der Waals surface area (Å²) in [4.78, 5) is 22.5. The molecule has 0 saturated heterocycles. The molecule has 2 rings (SSSR count). The lowest BCUT2D eigenvalue weighted by Gasteiger charge is -1.98. The molecule has 0 spiro atoms. The minimum absolute atomic E-state index is 0.0726. The number of carbonyl (C=O) groups is 2. The van der Waals surface area contributed by atoms with Gasteiger partial charge in [0.25, 0.3) is 5.91 Å². The van der Waals surface area contributed by atoms with E-state index in [1.54, 1.807) is 6.92 Å². The van der Waals surface area contributed by atoms with Crippen LogP contribution in [0.15, 0.2) is 10.5 Å². The number of aromatic carboxylic acids is 1. The monoisotopic (exact) mass is 223 g/mol. The van der Waals surface area contributed by atoms with Gasteiger partial charge < -0.3 is 14.8 Å². The average molecular weight is 223 g/mol. The van der Waals surface area contributed by atoms with E-state index in [4.69, 9.17) is 9.52 Å². The summed E-state index contributed by atoms with van der Waals surface area (Å²) < 4.78 is 5.22. The van der Waals surface area contributed by atoms with Crippen LogP contribution in [0.4, 0.5) is 0 Å². The largest absolute Gasteiger partial charge is 0.478 e. The van der Waals surface area contributed by atoms with E-state index in [2.05, 4.69) is 5.32 Å². The highest BCUT2D eigenvalue weighted by Gasteiger charge is 2.26. The quantitative estimate of drug-likeness (QED) is 0.809. The first kappa shape index (κ1) is 10.7. The average Bonchev–Trinajstić information content (AvgIpc) is 2.94. The number of aryl methyl sites for hydroxylation is 1. The Hall–Kier alpha value is -1.78. The summed E-state index contributed by atoms with van der Waals surface area (Å²) in [6.07, 6.45) is 2.43. The molecular weight excluding hydrogens is 210 g/mol. The Labute approximate surface area is 92.4 Å². The molecule has 0 aromatic carbocycles. The van der Waals surface area contributed by atoms with Crippen molar-refractivity contribution in [2.75, 3.05) is 0 Å². The van der Waals surface area contributed by atoms with Crippen LogP contribution >= 0.6 is 0 Å². The van der Waals surface area contributed by atoms with Crippen molar-refractivity contribution in [1.29, 1.82) is 0 Å². The minimum atomic E-state index is -1.06. The van der Waals surface area contributed by atoms with E-state index in [1.807, 2.05) is 0 Å². The molecule has 1 amide bonds. The second-order valence-corrected chi connectivity index (χ2v) is 3.85. The molecule has 2 N–H and O–H groups in total. The van der Waals surface area contributed by atoms with Crippen molar-refractivity contribution in [3.05, 3.63) is 23.2 Å². The first-order valence-corrected chi connectivity index (χ1v) is 5.28. The van der Waals surface area contributed by atoms with Gasteiger partial charge in [0.1, 0.15) is 11.3 Å². The van der Waals surface area contributed by atoms with Crippen molar-refractivity contribution in [2.45, 2.75) is 32.2 Å². The molecular formula is C11H13NO4. The summed E-state index contributed by atoms with van der Waals surface area (Å²) in [5.74, 6) is -0.967. The predicted molar refractivity (Wildman–Crippen MR) is 55.5 cm³/mol. The molecule has 1 fully saturated rings. The number of furan rings is 1. The SMILES string of the molecule is CCc1oc(C(=O)NC2CC2)cc1C(=O)O. The Bertz CT molecular complexity index is 431. The zero-order chi connectivity index (χ0) is 11.7. The molecule has 1 saturated carbocycles. The van der Waals surface area contributed by atoms with Gasteiger partial charge in [-0.15, -0.1) is 0 Å². The lowest BCUT2D eigenvalue weighted by atomic mass is 10.2. The first-order chi connectivity index (χ1) is 7.61. The molecule has 1 aromatic rings. The van der Waals surface area contributed by atoms with Crippen molar-refractivity contribution in [3.8, 4) is 0 Å². The summed E-state index contributed by atoms with van der Waals surface area (Å²) in [7, 11) is 0. The van der Waals surface area contributed by atoms with Gasteiger partial charge in [0.2, 0.25) is 0 Å². The Kier molecular flexibility index (Phi) is 2.68. The molecule has 16 heavy (non-hydrogen) atoms. The van der Waals surface area contributed by atoms with E-state index in [9.17, 15) is 9.59 Å². The Morgan fingerprint density at radius 1 is 1.56 bits per heavy atom. The fourth-order valence-electron chi connectivity index (χ4n) is 1.47. The molecule has 1 aliphatic carbocycles. The third-order valence-electron chi connectivity index (χ3n) is 2.50. The van der Waals surface area contributed by atoms with E-state index >= 15 is 0 Å². The Morgan fingerprint density at radius 3 is 2.69 bits per heavy atom. The van der Waals surface area contributed by atoms with Gasteiger partial charge in [-0.2, -0.15) is 0 Å². The van der Waals surface area contributed by atoms with Crippen LogP contribution in [0.5, 0.6) is 0 Å². The summed E-state index contributed by atoms with van der Waals surface area (Å²) >= 11 is 0. The number of nitrogens with one attached hydrogen (secondary N) is 1. The summed E-state index contributed by atoms with van der Waals surface area (Å²) in [6.45, 7) is 1.79. The van der Waals surface area contributed by atoms with Crippen LogP contribution in [0.1, 0.15) is 46.4 Å². The number of amides is 1. The lowest BCUT2D eigenvalue weighted by molar-refractivity contribution is 0.0694. The second-order valence-electron chi connectivity index (χ2n) is 3.85. The van der Waals surface area contributed by atoms with Gasteiger partial charge in [-0.25, -0.2) is 4.79 Å². The molecule has 0 bridgehead atoms. The molecule has 0 radical (unpaired) electrons. The molecule has 1 heterocycles. The summed E-state index contributed by atoms with van der Waals surface area (Å²) in [6, 6.07) is 1.52. The van der Waals surface area contributed by atoms with Gasteiger partial charge in [-0.1, -0.05) is 6.92 Å². The van der Waals surface area contributed by atoms with Crippen LogP contribution in [0, 0.1) is 0 Å². The van der Waals surface area contributed by atoms with Gasteiger partial charge in [0.05, 0.1) is 0 Å².